The molecule has 25 heavy (non-hydrogen) atoms. The van der Waals surface area contributed by atoms with E-state index in [1.54, 1.807) is 12.1 Å². The lowest BCUT2D eigenvalue weighted by atomic mass is 10.2. The van der Waals surface area contributed by atoms with Crippen LogP contribution in [-0.4, -0.2) is 15.5 Å². The van der Waals surface area contributed by atoms with Gasteiger partial charge in [-0.05, 0) is 42.8 Å². The number of benzene rings is 2. The normalized spacial score (nSPS) is 10.5. The van der Waals surface area contributed by atoms with Crippen LogP contribution in [0.2, 0.25) is 0 Å². The largest absolute Gasteiger partial charge is 0.333 e. The highest BCUT2D eigenvalue weighted by Crippen LogP contribution is 2.13. The van der Waals surface area contributed by atoms with Crippen molar-refractivity contribution < 1.29 is 9.18 Å². The van der Waals surface area contributed by atoms with E-state index in [1.165, 1.54) is 12.1 Å². The minimum Gasteiger partial charge on any atom is -0.322 e. The maximum Gasteiger partial charge on any atom is 0.333 e. The number of hydrogen-bond acceptors (Lipinski definition) is 3. The number of carbonyl (C=O) groups is 1. The van der Waals surface area contributed by atoms with Crippen LogP contribution in [0.15, 0.2) is 64.3 Å². The van der Waals surface area contributed by atoms with Gasteiger partial charge in [-0.25, -0.2) is 13.8 Å². The SMILES string of the molecule is Cc1ccccc1NC(=O)c1c[nH]c(=O)n(-c2ccc(F)cc2)c1=O. The number of aromatic nitrogens is 2. The number of nitrogens with zero attached hydrogens (tertiary/aromatic N) is 1. The van der Waals surface area contributed by atoms with E-state index >= 15 is 0 Å². The van der Waals surface area contributed by atoms with Crippen molar-refractivity contribution in [2.24, 2.45) is 0 Å². The lowest BCUT2D eigenvalue weighted by Gasteiger charge is -2.09. The van der Waals surface area contributed by atoms with E-state index in [4.69, 9.17) is 0 Å². The Balaban J connectivity index is 2.04. The summed E-state index contributed by atoms with van der Waals surface area (Å²) in [4.78, 5) is 39.4. The summed E-state index contributed by atoms with van der Waals surface area (Å²) in [6.45, 7) is 1.82. The molecule has 0 unspecified atom stereocenters. The average molecular weight is 339 g/mol. The molecule has 1 aromatic heterocycles. The molecule has 2 N–H and O–H groups in total. The molecule has 2 aromatic carbocycles. The minimum absolute atomic E-state index is 0.165. The molecule has 3 rings (SSSR count). The first-order valence-corrected chi connectivity index (χ1v) is 7.45. The number of H-pyrrole nitrogens is 1. The van der Waals surface area contributed by atoms with E-state index in [0.717, 1.165) is 28.5 Å². The lowest BCUT2D eigenvalue weighted by molar-refractivity contribution is 0.102. The van der Waals surface area contributed by atoms with Gasteiger partial charge in [0.15, 0.2) is 0 Å². The standard InChI is InChI=1S/C18H14FN3O3/c1-11-4-2-3-5-15(11)21-16(23)14-10-20-18(25)22(17(14)24)13-8-6-12(19)7-9-13/h2-10H,1H3,(H,20,25)(H,21,23). The van der Waals surface area contributed by atoms with Crippen LogP contribution in [0.25, 0.3) is 5.69 Å². The zero-order chi connectivity index (χ0) is 18.0. The third kappa shape index (κ3) is 3.25. The number of halogens is 1. The van der Waals surface area contributed by atoms with Gasteiger partial charge in [0.05, 0.1) is 5.69 Å². The Labute approximate surface area is 141 Å². The summed E-state index contributed by atoms with van der Waals surface area (Å²) in [5.74, 6) is -1.15. The Bertz CT molecular complexity index is 1050. The fourth-order valence-corrected chi connectivity index (χ4v) is 2.36. The summed E-state index contributed by atoms with van der Waals surface area (Å²) in [5.41, 5.74) is -0.179. The third-order valence-corrected chi connectivity index (χ3v) is 3.70. The number of amides is 1. The molecular weight excluding hydrogens is 325 g/mol. The Kier molecular flexibility index (Phi) is 4.30. The van der Waals surface area contributed by atoms with Gasteiger partial charge in [-0.1, -0.05) is 18.2 Å². The highest BCUT2D eigenvalue weighted by atomic mass is 19.1. The first-order valence-electron chi connectivity index (χ1n) is 7.45. The molecular formula is C18H14FN3O3. The van der Waals surface area contributed by atoms with E-state index in [-0.39, 0.29) is 11.3 Å². The van der Waals surface area contributed by atoms with Gasteiger partial charge in [0.25, 0.3) is 11.5 Å². The van der Waals surface area contributed by atoms with Crippen LogP contribution in [0.1, 0.15) is 15.9 Å². The molecule has 0 spiro atoms. The van der Waals surface area contributed by atoms with E-state index in [0.29, 0.717) is 5.69 Å². The molecule has 1 amide bonds. The number of anilines is 1. The van der Waals surface area contributed by atoms with Gasteiger partial charge in [0.1, 0.15) is 11.4 Å². The van der Waals surface area contributed by atoms with Crippen molar-refractivity contribution in [1.82, 2.24) is 9.55 Å². The molecule has 0 atom stereocenters. The van der Waals surface area contributed by atoms with Crippen molar-refractivity contribution in [3.8, 4) is 5.69 Å². The zero-order valence-electron chi connectivity index (χ0n) is 13.2. The third-order valence-electron chi connectivity index (χ3n) is 3.70. The first-order chi connectivity index (χ1) is 12.0. The van der Waals surface area contributed by atoms with E-state index in [2.05, 4.69) is 10.3 Å². The molecule has 0 aliphatic heterocycles. The second-order valence-electron chi connectivity index (χ2n) is 5.39. The molecule has 6 nitrogen and oxygen atoms in total. The zero-order valence-corrected chi connectivity index (χ0v) is 13.2. The predicted octanol–water partition coefficient (Wildman–Crippen LogP) is 2.23. The quantitative estimate of drug-likeness (QED) is 0.767. The van der Waals surface area contributed by atoms with Gasteiger partial charge in [-0.15, -0.1) is 0 Å². The molecule has 7 heteroatoms. The average Bonchev–Trinajstić information content (AvgIpc) is 2.58. The summed E-state index contributed by atoms with van der Waals surface area (Å²) < 4.78 is 13.8. The van der Waals surface area contributed by atoms with Gasteiger partial charge in [0, 0.05) is 11.9 Å². The molecule has 0 radical (unpaired) electrons. The van der Waals surface area contributed by atoms with E-state index < -0.39 is 23.0 Å². The van der Waals surface area contributed by atoms with Crippen molar-refractivity contribution in [3.05, 3.63) is 92.5 Å². The number of carbonyl (C=O) groups excluding carboxylic acids is 1. The molecule has 0 aliphatic rings. The van der Waals surface area contributed by atoms with E-state index in [1.807, 2.05) is 19.1 Å². The van der Waals surface area contributed by atoms with Crippen LogP contribution in [0.5, 0.6) is 0 Å². The Morgan fingerprint density at radius 2 is 1.76 bits per heavy atom. The number of aromatic amines is 1. The maximum atomic E-state index is 13.1. The van der Waals surface area contributed by atoms with Crippen molar-refractivity contribution in [1.29, 1.82) is 0 Å². The van der Waals surface area contributed by atoms with Gasteiger partial charge < -0.3 is 10.3 Å². The van der Waals surface area contributed by atoms with E-state index in [9.17, 15) is 18.8 Å². The molecule has 0 fully saturated rings. The van der Waals surface area contributed by atoms with Crippen LogP contribution in [0.4, 0.5) is 10.1 Å². The van der Waals surface area contributed by atoms with Gasteiger partial charge >= 0.3 is 5.69 Å². The number of para-hydroxylation sites is 1. The van der Waals surface area contributed by atoms with Crippen molar-refractivity contribution in [2.45, 2.75) is 6.92 Å². The van der Waals surface area contributed by atoms with Crippen LogP contribution in [0, 0.1) is 12.7 Å². The molecule has 0 aliphatic carbocycles. The Morgan fingerprint density at radius 3 is 2.44 bits per heavy atom. The fourth-order valence-electron chi connectivity index (χ4n) is 2.36. The number of rotatable bonds is 3. The monoisotopic (exact) mass is 339 g/mol. The summed E-state index contributed by atoms with van der Waals surface area (Å²) in [7, 11) is 0. The minimum atomic E-state index is -0.790. The molecule has 0 saturated carbocycles. The summed E-state index contributed by atoms with van der Waals surface area (Å²) in [6.07, 6.45) is 1.07. The first kappa shape index (κ1) is 16.4. The van der Waals surface area contributed by atoms with Gasteiger partial charge in [-0.3, -0.25) is 9.59 Å². The maximum absolute atomic E-state index is 13.1. The smallest absolute Gasteiger partial charge is 0.322 e. The highest BCUT2D eigenvalue weighted by Gasteiger charge is 2.16. The number of aryl methyl sites for hydroxylation is 1. The summed E-state index contributed by atoms with van der Waals surface area (Å²) in [6, 6.07) is 11.9. The van der Waals surface area contributed by atoms with Crippen molar-refractivity contribution in [3.63, 3.8) is 0 Å². The fraction of sp³-hybridized carbons (Fsp3) is 0.0556. The molecule has 126 valence electrons. The van der Waals surface area contributed by atoms with Crippen LogP contribution in [0.3, 0.4) is 0 Å². The summed E-state index contributed by atoms with van der Waals surface area (Å²) in [5, 5.41) is 2.64. The van der Waals surface area contributed by atoms with Crippen molar-refractivity contribution in [2.75, 3.05) is 5.32 Å². The van der Waals surface area contributed by atoms with Crippen LogP contribution < -0.4 is 16.6 Å². The molecule has 1 heterocycles. The number of nitrogens with one attached hydrogen (secondary N) is 2. The van der Waals surface area contributed by atoms with Gasteiger partial charge in [-0.2, -0.15) is 0 Å². The molecule has 3 aromatic rings. The van der Waals surface area contributed by atoms with Crippen LogP contribution in [-0.2, 0) is 0 Å². The second kappa shape index (κ2) is 6.56. The summed E-state index contributed by atoms with van der Waals surface area (Å²) >= 11 is 0. The topological polar surface area (TPSA) is 84.0 Å². The molecule has 0 bridgehead atoms. The molecule has 0 saturated heterocycles. The predicted molar refractivity (Wildman–Crippen MR) is 91.7 cm³/mol. The van der Waals surface area contributed by atoms with Crippen LogP contribution >= 0.6 is 0 Å². The lowest BCUT2D eigenvalue weighted by Crippen LogP contribution is -2.38. The highest BCUT2D eigenvalue weighted by molar-refractivity contribution is 6.04. The van der Waals surface area contributed by atoms with Crippen molar-refractivity contribution >= 4 is 11.6 Å². The number of hydrogen-bond donors (Lipinski definition) is 2. The second-order valence-corrected chi connectivity index (χ2v) is 5.39. The Morgan fingerprint density at radius 1 is 1.08 bits per heavy atom. The Hall–Kier alpha value is -3.48. The van der Waals surface area contributed by atoms with Gasteiger partial charge in [0.2, 0.25) is 0 Å².